The number of hydrogen-bond donors (Lipinski definition) is 21. The van der Waals surface area contributed by atoms with Gasteiger partial charge in [0.05, 0.1) is 12.1 Å². The largest absolute Gasteiger partial charge is 0.481 e. The number of nitrogens with two attached hydrogens (primary N) is 6. The number of aliphatic hydroxyl groups excluding tert-OH is 1. The molecule has 0 unspecified atom stereocenters. The molecule has 0 spiro atoms. The number of fused-ring (bicyclic) bond motifs is 1. The Morgan fingerprint density at radius 2 is 1.11 bits per heavy atom. The van der Waals surface area contributed by atoms with Crippen molar-refractivity contribution in [3.63, 3.8) is 0 Å². The number of likely N-dealkylation sites (tertiary alicyclic amines) is 1. The van der Waals surface area contributed by atoms with Crippen molar-refractivity contribution in [3.05, 3.63) is 36.0 Å². The highest BCUT2D eigenvalue weighted by atomic mass is 32.2. The Morgan fingerprint density at radius 1 is 0.615 bits per heavy atom. The number of carbonyl (C=O) groups is 13. The number of thioether (sulfide) groups is 1. The number of aromatic nitrogens is 1. The van der Waals surface area contributed by atoms with Gasteiger partial charge in [0.15, 0.2) is 11.9 Å². The number of aliphatic hydroxyl groups is 1. The van der Waals surface area contributed by atoms with E-state index in [1.54, 1.807) is 18.5 Å². The summed E-state index contributed by atoms with van der Waals surface area (Å²) in [5.74, 6) is -14.7. The maximum Gasteiger partial charge on any atom is 0.326 e. The lowest BCUT2D eigenvalue weighted by molar-refractivity contribution is -0.142. The van der Waals surface area contributed by atoms with Crippen LogP contribution in [-0.2, 0) is 68.7 Å². The topological polar surface area (TPSA) is 591 Å². The third kappa shape index (κ3) is 27.2. The highest BCUT2D eigenvalue weighted by Gasteiger charge is 2.41. The minimum absolute atomic E-state index is 0.0227. The Balaban J connectivity index is 1.86. The number of nitrogens with one attached hydrogen (secondary N) is 10. The van der Waals surface area contributed by atoms with E-state index in [9.17, 15) is 77.6 Å². The molecule has 0 aliphatic carbocycles. The zero-order valence-electron chi connectivity index (χ0n) is 53.9. The number of para-hydroxylation sites is 1. The number of amides is 11. The molecule has 2 aromatic rings. The van der Waals surface area contributed by atoms with Crippen LogP contribution < -0.4 is 82.3 Å². The summed E-state index contributed by atoms with van der Waals surface area (Å²) in [7, 11) is 0. The van der Waals surface area contributed by atoms with Crippen LogP contribution >= 0.6 is 37.0 Å². The van der Waals surface area contributed by atoms with Crippen molar-refractivity contribution in [1.29, 1.82) is 0 Å². The van der Waals surface area contributed by atoms with E-state index in [-0.39, 0.29) is 81.6 Å². The maximum atomic E-state index is 14.4. The van der Waals surface area contributed by atoms with Crippen LogP contribution in [0.15, 0.2) is 40.4 Å². The van der Waals surface area contributed by atoms with Gasteiger partial charge in [0.25, 0.3) is 0 Å². The van der Waals surface area contributed by atoms with Crippen LogP contribution in [0.1, 0.15) is 97.0 Å². The number of guanidine groups is 2. The SMILES string of the molecule is CSCC[C@H](NC(=O)[C@H](CS)NC(=O)[C@H](CCC(=O)O)NC(=O)[C@H](CCC(N)=O)NC(=O)[C@@H](NC(=O)[C@@H](NC(=O)[C@H](CCCN=C(N)N)NC(=O)[C@@H]1CCCN1C(=O)[C@H](CS)NC(=O)[C@H](Cc1c[nH]c2ccccc12)NC(=O)[C@@H](N)CCCN=C(N)N)[C@@H](C)O)C(C)C)C(=O)O. The number of carboxylic acids is 2. The molecule has 0 saturated carbocycles. The third-order valence-corrected chi connectivity index (χ3v) is 16.6. The zero-order valence-corrected chi connectivity index (χ0v) is 56.5. The number of aliphatic carboxylic acids is 2. The third-order valence-electron chi connectivity index (χ3n) is 15.2. The van der Waals surface area contributed by atoms with Crippen molar-refractivity contribution in [2.45, 2.75) is 170 Å². The number of aliphatic imine (C=N–C) groups is 2. The normalized spacial score (nSPS) is 16.2. The van der Waals surface area contributed by atoms with Gasteiger partial charge in [0.2, 0.25) is 65.0 Å². The van der Waals surface area contributed by atoms with E-state index in [2.05, 4.69) is 88.1 Å². The van der Waals surface area contributed by atoms with Crippen molar-refractivity contribution in [2.75, 3.05) is 43.1 Å². The second-order valence-electron chi connectivity index (χ2n) is 23.1. The fourth-order valence-electron chi connectivity index (χ4n) is 9.95. The molecule has 2 heterocycles. The lowest BCUT2D eigenvalue weighted by Crippen LogP contribution is -2.62. The number of H-pyrrole nitrogens is 1. The first-order valence-electron chi connectivity index (χ1n) is 30.9. The average molecular weight is 1410 g/mol. The van der Waals surface area contributed by atoms with Crippen LogP contribution in [0.25, 0.3) is 10.9 Å². The molecule has 1 aromatic heterocycles. The first-order valence-corrected chi connectivity index (χ1v) is 33.6. The summed E-state index contributed by atoms with van der Waals surface area (Å²) in [4.78, 5) is 188. The number of hydrogen-bond acceptors (Lipinski definition) is 20. The number of nitrogens with zero attached hydrogens (tertiary/aromatic N) is 3. The molecule has 25 N–H and O–H groups in total. The van der Waals surface area contributed by atoms with E-state index in [0.717, 1.165) is 17.8 Å². The summed E-state index contributed by atoms with van der Waals surface area (Å²) in [5, 5.41) is 53.2. The van der Waals surface area contributed by atoms with E-state index in [4.69, 9.17) is 34.4 Å². The van der Waals surface area contributed by atoms with Gasteiger partial charge in [0, 0.05) is 67.5 Å². The number of carboxylic acid groups (broad SMARTS) is 2. The summed E-state index contributed by atoms with van der Waals surface area (Å²) in [6.45, 7) is 4.28. The predicted molar refractivity (Wildman–Crippen MR) is 362 cm³/mol. The van der Waals surface area contributed by atoms with Crippen molar-refractivity contribution in [2.24, 2.45) is 50.3 Å². The molecule has 11 amide bonds. The summed E-state index contributed by atoms with van der Waals surface area (Å²) in [6.07, 6.45) is 0.106. The van der Waals surface area contributed by atoms with Crippen LogP contribution in [0, 0.1) is 5.92 Å². The molecule has 38 heteroatoms. The van der Waals surface area contributed by atoms with Gasteiger partial charge >= 0.3 is 11.9 Å². The quantitative estimate of drug-likeness (QED) is 0.0127. The molecule has 12 atom stereocenters. The van der Waals surface area contributed by atoms with E-state index in [1.165, 1.54) is 30.5 Å². The Labute approximate surface area is 569 Å². The van der Waals surface area contributed by atoms with Crippen molar-refractivity contribution in [1.82, 2.24) is 57.7 Å². The molecule has 1 aliphatic heterocycles. The van der Waals surface area contributed by atoms with Gasteiger partial charge in [-0.25, -0.2) is 4.79 Å². The second kappa shape index (κ2) is 41.4. The van der Waals surface area contributed by atoms with Crippen molar-refractivity contribution in [3.8, 4) is 0 Å². The monoisotopic (exact) mass is 1410 g/mol. The molecular weight excluding hydrogens is 1310 g/mol. The molecule has 3 rings (SSSR count). The summed E-state index contributed by atoms with van der Waals surface area (Å²) in [5.41, 5.74) is 34.9. The molecule has 35 nitrogen and oxygen atoms in total. The molecular formula is C58H93N19O16S3. The second-order valence-corrected chi connectivity index (χ2v) is 24.8. The Morgan fingerprint density at radius 3 is 1.68 bits per heavy atom. The van der Waals surface area contributed by atoms with Crippen molar-refractivity contribution < 1.29 is 77.6 Å². The van der Waals surface area contributed by atoms with Gasteiger partial charge in [-0.3, -0.25) is 67.5 Å². The minimum Gasteiger partial charge on any atom is -0.481 e. The number of aromatic amines is 1. The standard InChI is InChI=1S/C58H93N19O16S3/c1-28(2)44(53(89)70-35(15-17-42(60)79)47(83)68-36(16-18-43(80)81)48(84)73-39(26-94)51(87)71-37(56(92)93)19-23-96-4)75-54(90)45(29(3)78)76-49(85)34(13-8-21-66-58(63)64)69-52(88)41-14-9-22-77(41)55(91)40(27-95)74-50(86)38(24-30-25-67-33-12-6-5-10-31(30)33)72-46(82)32(59)11-7-20-65-57(61)62/h5-6,10,12,25,28-29,32,34-41,44-45,67,78,94-95H,7-9,11,13-24,26-27,59H2,1-4H3,(H2,60,79)(H,68,83)(H,69,88)(H,70,89)(H,71,87)(H,72,82)(H,73,84)(H,74,86)(H,75,90)(H,76,85)(H,80,81)(H,92,93)(H4,61,62,65)(H4,63,64,66)/t29-,32+,34+,35+,36+,37+,38+,39+,40+,41+,44+,45+/m1/s1. The van der Waals surface area contributed by atoms with Crippen LogP contribution in [-0.4, -0.2) is 230 Å². The molecule has 534 valence electrons. The molecule has 0 bridgehead atoms. The fourth-order valence-corrected chi connectivity index (χ4v) is 10.9. The lowest BCUT2D eigenvalue weighted by Gasteiger charge is -2.31. The van der Waals surface area contributed by atoms with Gasteiger partial charge in [0.1, 0.15) is 60.4 Å². The first kappa shape index (κ1) is 81.6. The van der Waals surface area contributed by atoms with Gasteiger partial charge < -0.3 is 107 Å². The molecule has 1 aliphatic rings. The van der Waals surface area contributed by atoms with E-state index < -0.39 is 181 Å². The first-order chi connectivity index (χ1) is 45.3. The Kier molecular flexibility index (Phi) is 35.2. The van der Waals surface area contributed by atoms with Crippen LogP contribution in [0.2, 0.25) is 0 Å². The highest BCUT2D eigenvalue weighted by Crippen LogP contribution is 2.22. The number of primary amides is 1. The van der Waals surface area contributed by atoms with Gasteiger partial charge in [-0.05, 0) is 94.3 Å². The summed E-state index contributed by atoms with van der Waals surface area (Å²) >= 11 is 9.81. The summed E-state index contributed by atoms with van der Waals surface area (Å²) in [6, 6.07) is -8.90. The summed E-state index contributed by atoms with van der Waals surface area (Å²) < 4.78 is 0. The van der Waals surface area contributed by atoms with Gasteiger partial charge in [-0.1, -0.05) is 32.0 Å². The number of rotatable bonds is 43. The maximum absolute atomic E-state index is 14.4. The number of thiol groups is 2. The molecule has 1 aromatic carbocycles. The Hall–Kier alpha value is -8.62. The molecule has 1 saturated heterocycles. The minimum atomic E-state index is -1.86. The smallest absolute Gasteiger partial charge is 0.326 e. The van der Waals surface area contributed by atoms with Crippen LogP contribution in [0.4, 0.5) is 0 Å². The van der Waals surface area contributed by atoms with E-state index >= 15 is 0 Å². The van der Waals surface area contributed by atoms with Gasteiger partial charge in [-0.15, -0.1) is 0 Å². The van der Waals surface area contributed by atoms with E-state index in [0.29, 0.717) is 24.2 Å². The van der Waals surface area contributed by atoms with Crippen molar-refractivity contribution >= 4 is 137 Å². The molecule has 0 radical (unpaired) electrons. The van der Waals surface area contributed by atoms with E-state index in [1.807, 2.05) is 18.2 Å². The molecule has 1 fully saturated rings. The van der Waals surface area contributed by atoms with Gasteiger partial charge in [-0.2, -0.15) is 37.0 Å². The number of benzene rings is 1. The zero-order chi connectivity index (χ0) is 71.9. The number of carbonyl (C=O) groups excluding carboxylic acids is 11. The Bertz CT molecular complexity index is 3090. The average Bonchev–Trinajstić information content (AvgIpc) is 1.68. The van der Waals surface area contributed by atoms with Crippen LogP contribution in [0.5, 0.6) is 0 Å². The predicted octanol–water partition coefficient (Wildman–Crippen LogP) is -5.64. The molecule has 96 heavy (non-hydrogen) atoms. The fraction of sp³-hybridized carbons (Fsp3) is 0.603. The lowest BCUT2D eigenvalue weighted by atomic mass is 10.0. The highest BCUT2D eigenvalue weighted by molar-refractivity contribution is 7.98. The van der Waals surface area contributed by atoms with Crippen LogP contribution in [0.3, 0.4) is 0 Å².